The van der Waals surface area contributed by atoms with Crippen LogP contribution in [0.5, 0.6) is 0 Å². The van der Waals surface area contributed by atoms with Crippen LogP contribution in [0.3, 0.4) is 0 Å². The second-order valence-corrected chi connectivity index (χ2v) is 9.70. The van der Waals surface area contributed by atoms with Crippen LogP contribution in [0.15, 0.2) is 61.1 Å². The van der Waals surface area contributed by atoms with Crippen molar-refractivity contribution in [2.45, 2.75) is 51.9 Å². The van der Waals surface area contributed by atoms with Crippen molar-refractivity contribution in [3.05, 3.63) is 87.9 Å². The van der Waals surface area contributed by atoms with E-state index in [9.17, 15) is 14.7 Å². The number of aromatic nitrogens is 2. The number of hydrogen-bond donors (Lipinski definition) is 2. The quantitative estimate of drug-likeness (QED) is 0.329. The van der Waals surface area contributed by atoms with Gasteiger partial charge in [0.2, 0.25) is 0 Å². The Morgan fingerprint density at radius 2 is 1.74 bits per heavy atom. The van der Waals surface area contributed by atoms with Gasteiger partial charge in [-0.1, -0.05) is 67.4 Å². The summed E-state index contributed by atoms with van der Waals surface area (Å²) in [6.07, 6.45) is 3.88. The number of carboxylic acids is 1. The van der Waals surface area contributed by atoms with E-state index in [1.54, 1.807) is 18.6 Å². The van der Waals surface area contributed by atoms with Gasteiger partial charge in [-0.3, -0.25) is 14.9 Å². The Hall–Kier alpha value is -2.87. The average molecular weight is 518 g/mol. The maximum Gasteiger partial charge on any atom is 0.323 e. The van der Waals surface area contributed by atoms with Gasteiger partial charge in [-0.2, -0.15) is 0 Å². The number of hydrogen-bond acceptors (Lipinski definition) is 5. The molecule has 1 aromatic heterocycles. The molecule has 2 aromatic carbocycles. The molecule has 0 saturated carbocycles. The third-order valence-corrected chi connectivity index (χ3v) is 5.84. The lowest BCUT2D eigenvalue weighted by Crippen LogP contribution is -2.49. The van der Waals surface area contributed by atoms with E-state index in [2.05, 4.69) is 10.3 Å². The highest BCUT2D eigenvalue weighted by Crippen LogP contribution is 2.20. The molecule has 0 fully saturated rings. The molecule has 0 aliphatic heterocycles. The number of carboxylic acid groups (broad SMARTS) is 1. The Morgan fingerprint density at radius 1 is 1.06 bits per heavy atom. The molecule has 0 amide bonds. The van der Waals surface area contributed by atoms with Crippen LogP contribution in [0.4, 0.5) is 0 Å². The fourth-order valence-electron chi connectivity index (χ4n) is 3.76. The summed E-state index contributed by atoms with van der Waals surface area (Å²) in [6.45, 7) is 4.41. The van der Waals surface area contributed by atoms with Crippen LogP contribution in [0.1, 0.15) is 37.1 Å². The molecule has 9 heteroatoms. The maximum atomic E-state index is 13.1. The van der Waals surface area contributed by atoms with E-state index < -0.39 is 24.0 Å². The summed E-state index contributed by atoms with van der Waals surface area (Å²) in [5.74, 6) is -1.41. The molecule has 35 heavy (non-hydrogen) atoms. The number of nitrogens with one attached hydrogen (secondary N) is 1. The van der Waals surface area contributed by atoms with Crippen molar-refractivity contribution in [1.29, 1.82) is 0 Å². The van der Waals surface area contributed by atoms with Crippen LogP contribution in [0, 0.1) is 5.92 Å². The zero-order chi connectivity index (χ0) is 25.4. The number of rotatable bonds is 12. The number of carbonyl (C=O) groups is 2. The summed E-state index contributed by atoms with van der Waals surface area (Å²) in [5, 5.41) is 13.8. The fourth-order valence-corrected chi connectivity index (χ4v) is 4.33. The Bertz CT molecular complexity index is 1110. The molecule has 7 nitrogen and oxygen atoms in total. The minimum Gasteiger partial charge on any atom is -0.480 e. The van der Waals surface area contributed by atoms with Crippen molar-refractivity contribution in [2.75, 3.05) is 0 Å². The third-order valence-electron chi connectivity index (χ3n) is 5.40. The molecule has 2 atom stereocenters. The van der Waals surface area contributed by atoms with Crippen LogP contribution in [-0.4, -0.2) is 38.7 Å². The van der Waals surface area contributed by atoms with Crippen LogP contribution in [-0.2, 0) is 33.9 Å². The smallest absolute Gasteiger partial charge is 0.323 e. The Morgan fingerprint density at radius 3 is 2.37 bits per heavy atom. The first-order valence-electron chi connectivity index (χ1n) is 11.3. The van der Waals surface area contributed by atoms with Gasteiger partial charge in [0.05, 0.1) is 6.33 Å². The normalized spacial score (nSPS) is 12.9. The molecule has 0 aliphatic rings. The van der Waals surface area contributed by atoms with Gasteiger partial charge in [0.15, 0.2) is 0 Å². The standard InChI is InChI=1S/C26H29Cl2N3O4/c1-17(2)8-23(25(32)33)30-24(26(34)35-15-18-6-4-3-5-7-18)12-22-13-29-16-31(22)14-19-9-20(27)11-21(28)10-19/h3-7,9-11,13,16-17,23-24,30H,8,12,14-15H2,1-2H3,(H,32,33)/t23-,24?/m0/s1. The Kier molecular flexibility index (Phi) is 9.72. The van der Waals surface area contributed by atoms with Crippen LogP contribution >= 0.6 is 23.2 Å². The van der Waals surface area contributed by atoms with Crippen LogP contribution in [0.2, 0.25) is 10.0 Å². The Labute approximate surface area is 215 Å². The van der Waals surface area contributed by atoms with Crippen molar-refractivity contribution in [2.24, 2.45) is 5.92 Å². The summed E-state index contributed by atoms with van der Waals surface area (Å²) >= 11 is 12.3. The lowest BCUT2D eigenvalue weighted by Gasteiger charge is -2.24. The highest BCUT2D eigenvalue weighted by molar-refractivity contribution is 6.34. The minimum atomic E-state index is -1.01. The minimum absolute atomic E-state index is 0.0973. The van der Waals surface area contributed by atoms with Gasteiger partial charge in [-0.25, -0.2) is 4.98 Å². The van der Waals surface area contributed by atoms with Crippen molar-refractivity contribution in [1.82, 2.24) is 14.9 Å². The first kappa shape index (κ1) is 26.7. The molecule has 1 unspecified atom stereocenters. The molecule has 2 N–H and O–H groups in total. The van der Waals surface area contributed by atoms with Gasteiger partial charge in [-0.05, 0) is 41.7 Å². The van der Waals surface area contributed by atoms with Gasteiger partial charge < -0.3 is 14.4 Å². The van der Waals surface area contributed by atoms with Gasteiger partial charge in [0, 0.05) is 34.9 Å². The lowest BCUT2D eigenvalue weighted by atomic mass is 10.0. The van der Waals surface area contributed by atoms with E-state index in [1.165, 1.54) is 0 Å². The highest BCUT2D eigenvalue weighted by Gasteiger charge is 2.29. The monoisotopic (exact) mass is 517 g/mol. The molecule has 0 spiro atoms. The molecule has 1 heterocycles. The molecule has 0 radical (unpaired) electrons. The molecule has 0 aliphatic carbocycles. The van der Waals surface area contributed by atoms with Gasteiger partial charge in [-0.15, -0.1) is 0 Å². The second-order valence-electron chi connectivity index (χ2n) is 8.83. The molecule has 0 bridgehead atoms. The third kappa shape index (κ3) is 8.38. The zero-order valence-corrected chi connectivity index (χ0v) is 21.2. The van der Waals surface area contributed by atoms with E-state index in [1.807, 2.05) is 60.9 Å². The SMILES string of the molecule is CC(C)C[C@H](NC(Cc1cncn1Cc1cc(Cl)cc(Cl)c1)C(=O)OCc1ccccc1)C(=O)O. The summed E-state index contributed by atoms with van der Waals surface area (Å²) in [6, 6.07) is 12.8. The van der Waals surface area contributed by atoms with E-state index in [-0.39, 0.29) is 18.9 Å². The number of imidazole rings is 1. The molecule has 186 valence electrons. The summed E-state index contributed by atoms with van der Waals surface area (Å²) in [7, 11) is 0. The summed E-state index contributed by atoms with van der Waals surface area (Å²) < 4.78 is 7.43. The number of benzene rings is 2. The summed E-state index contributed by atoms with van der Waals surface area (Å²) in [5.41, 5.74) is 2.46. The lowest BCUT2D eigenvalue weighted by molar-refractivity contribution is -0.148. The molecular formula is C26H29Cl2N3O4. The number of aliphatic carboxylic acids is 1. The molecule has 3 aromatic rings. The van der Waals surface area contributed by atoms with E-state index in [0.29, 0.717) is 23.0 Å². The molecule has 0 saturated heterocycles. The van der Waals surface area contributed by atoms with Crippen molar-refractivity contribution < 1.29 is 19.4 Å². The Balaban J connectivity index is 1.80. The largest absolute Gasteiger partial charge is 0.480 e. The van der Waals surface area contributed by atoms with Crippen molar-refractivity contribution in [3.8, 4) is 0 Å². The fraction of sp³-hybridized carbons (Fsp3) is 0.346. The average Bonchev–Trinajstić information content (AvgIpc) is 3.22. The number of esters is 1. The van der Waals surface area contributed by atoms with Crippen LogP contribution < -0.4 is 5.32 Å². The summed E-state index contributed by atoms with van der Waals surface area (Å²) in [4.78, 5) is 29.2. The molecular weight excluding hydrogens is 489 g/mol. The predicted molar refractivity (Wildman–Crippen MR) is 136 cm³/mol. The topological polar surface area (TPSA) is 93.5 Å². The number of ether oxygens (including phenoxy) is 1. The first-order chi connectivity index (χ1) is 16.7. The van der Waals surface area contributed by atoms with Gasteiger partial charge >= 0.3 is 11.9 Å². The van der Waals surface area contributed by atoms with E-state index in [4.69, 9.17) is 27.9 Å². The number of halogens is 2. The number of nitrogens with zero attached hydrogens (tertiary/aromatic N) is 2. The van der Waals surface area contributed by atoms with Crippen molar-refractivity contribution in [3.63, 3.8) is 0 Å². The highest BCUT2D eigenvalue weighted by atomic mass is 35.5. The first-order valence-corrected chi connectivity index (χ1v) is 12.1. The van der Waals surface area contributed by atoms with Gasteiger partial charge in [0.1, 0.15) is 18.7 Å². The van der Waals surface area contributed by atoms with E-state index in [0.717, 1.165) is 16.8 Å². The predicted octanol–water partition coefficient (Wildman–Crippen LogP) is 4.98. The van der Waals surface area contributed by atoms with Crippen molar-refractivity contribution >= 4 is 35.1 Å². The van der Waals surface area contributed by atoms with Crippen LogP contribution in [0.25, 0.3) is 0 Å². The molecule has 3 rings (SSSR count). The number of carbonyl (C=O) groups excluding carboxylic acids is 1. The van der Waals surface area contributed by atoms with E-state index >= 15 is 0 Å². The zero-order valence-electron chi connectivity index (χ0n) is 19.7. The van der Waals surface area contributed by atoms with Gasteiger partial charge in [0.25, 0.3) is 0 Å². The maximum absolute atomic E-state index is 13.1. The second kappa shape index (κ2) is 12.7.